The van der Waals surface area contributed by atoms with Crippen LogP contribution in [0.2, 0.25) is 0 Å². The average Bonchev–Trinajstić information content (AvgIpc) is 2.76. The maximum atomic E-state index is 13.4. The van der Waals surface area contributed by atoms with Gasteiger partial charge in [0.2, 0.25) is 0 Å². The van der Waals surface area contributed by atoms with Crippen LogP contribution in [0.1, 0.15) is 21.1 Å². The van der Waals surface area contributed by atoms with E-state index in [1.54, 1.807) is 0 Å². The molecule has 20 heavy (non-hydrogen) atoms. The first-order chi connectivity index (χ1) is 9.31. The van der Waals surface area contributed by atoms with Crippen molar-refractivity contribution in [2.24, 2.45) is 5.73 Å². The van der Waals surface area contributed by atoms with Crippen molar-refractivity contribution in [2.75, 3.05) is 0 Å². The number of nitrogens with two attached hydrogens (primary N) is 1. The van der Waals surface area contributed by atoms with Crippen molar-refractivity contribution in [2.45, 2.75) is 19.1 Å². The van der Waals surface area contributed by atoms with Gasteiger partial charge in [0.1, 0.15) is 11.6 Å². The van der Waals surface area contributed by atoms with Crippen molar-refractivity contribution in [3.8, 4) is 0 Å². The Labute approximate surface area is 115 Å². The molecule has 2 aromatic rings. The van der Waals surface area contributed by atoms with Crippen molar-refractivity contribution >= 4 is 11.3 Å². The summed E-state index contributed by atoms with van der Waals surface area (Å²) in [6, 6.07) is 2.90. The minimum Gasteiger partial charge on any atom is -0.326 e. The molecule has 0 saturated carbocycles. The van der Waals surface area contributed by atoms with Gasteiger partial charge < -0.3 is 5.73 Å². The largest absolute Gasteiger partial charge is 0.434 e. The van der Waals surface area contributed by atoms with Gasteiger partial charge in [-0.15, -0.1) is 11.3 Å². The second kappa shape index (κ2) is 5.45. The normalized spacial score (nSPS) is 11.9. The van der Waals surface area contributed by atoms with E-state index in [0.717, 1.165) is 17.4 Å². The fourth-order valence-corrected chi connectivity index (χ4v) is 2.65. The molecule has 0 fully saturated rings. The van der Waals surface area contributed by atoms with Crippen molar-refractivity contribution in [1.82, 2.24) is 4.98 Å². The molecular weight excluding hydrogens is 299 g/mol. The molecule has 2 rings (SSSR count). The predicted octanol–water partition coefficient (Wildman–Crippen LogP) is 3.49. The lowest BCUT2D eigenvalue weighted by Gasteiger charge is -2.03. The molecule has 1 aromatic carbocycles. The summed E-state index contributed by atoms with van der Waals surface area (Å²) in [6.07, 6.45) is -4.73. The fourth-order valence-electron chi connectivity index (χ4n) is 1.66. The van der Waals surface area contributed by atoms with Crippen LogP contribution in [0.15, 0.2) is 18.2 Å². The summed E-state index contributed by atoms with van der Waals surface area (Å²) >= 11 is 0.778. The molecule has 0 aliphatic heterocycles. The van der Waals surface area contributed by atoms with Crippen molar-refractivity contribution < 1.29 is 22.0 Å². The van der Waals surface area contributed by atoms with E-state index in [2.05, 4.69) is 4.98 Å². The monoisotopic (exact) mass is 308 g/mol. The molecule has 2 nitrogen and oxygen atoms in total. The zero-order valence-electron chi connectivity index (χ0n) is 9.97. The number of thiazole rings is 1. The zero-order valence-corrected chi connectivity index (χ0v) is 10.8. The van der Waals surface area contributed by atoms with Crippen molar-refractivity contribution in [3.05, 3.63) is 51.0 Å². The first kappa shape index (κ1) is 14.9. The third kappa shape index (κ3) is 3.13. The second-order valence-corrected chi connectivity index (χ2v) is 5.16. The summed E-state index contributed by atoms with van der Waals surface area (Å²) in [5, 5.41) is 0.0864. The number of alkyl halides is 3. The van der Waals surface area contributed by atoms with Crippen LogP contribution >= 0.6 is 11.3 Å². The second-order valence-electron chi connectivity index (χ2n) is 3.99. The number of hydrogen-bond acceptors (Lipinski definition) is 3. The molecule has 108 valence electrons. The van der Waals surface area contributed by atoms with Crippen molar-refractivity contribution in [3.63, 3.8) is 0 Å². The van der Waals surface area contributed by atoms with Crippen LogP contribution in [-0.4, -0.2) is 4.98 Å². The molecule has 0 saturated heterocycles. The third-order valence-electron chi connectivity index (χ3n) is 2.55. The van der Waals surface area contributed by atoms with E-state index >= 15 is 0 Å². The molecule has 0 spiro atoms. The highest BCUT2D eigenvalue weighted by Gasteiger charge is 2.37. The SMILES string of the molecule is NCc1sc(Cc2ccc(F)cc2F)nc1C(F)(F)F. The molecular formula is C12H9F5N2S. The molecule has 0 bridgehead atoms. The first-order valence-corrected chi connectivity index (χ1v) is 6.32. The van der Waals surface area contributed by atoms with E-state index < -0.39 is 23.5 Å². The molecule has 0 radical (unpaired) electrons. The summed E-state index contributed by atoms with van der Waals surface area (Å²) in [7, 11) is 0. The van der Waals surface area contributed by atoms with Gasteiger partial charge >= 0.3 is 6.18 Å². The Kier molecular flexibility index (Phi) is 4.05. The van der Waals surface area contributed by atoms with E-state index in [1.165, 1.54) is 6.07 Å². The van der Waals surface area contributed by atoms with Crippen LogP contribution in [0.3, 0.4) is 0 Å². The number of nitrogens with zero attached hydrogens (tertiary/aromatic N) is 1. The van der Waals surface area contributed by atoms with E-state index in [-0.39, 0.29) is 28.4 Å². The Balaban J connectivity index is 2.32. The lowest BCUT2D eigenvalue weighted by molar-refractivity contribution is -0.141. The van der Waals surface area contributed by atoms with Gasteiger partial charge in [-0.1, -0.05) is 6.07 Å². The van der Waals surface area contributed by atoms with E-state index in [1.807, 2.05) is 0 Å². The molecule has 0 unspecified atom stereocenters. The molecule has 8 heteroatoms. The lowest BCUT2D eigenvalue weighted by atomic mass is 10.1. The topological polar surface area (TPSA) is 38.9 Å². The molecule has 0 atom stereocenters. The highest BCUT2D eigenvalue weighted by atomic mass is 32.1. The van der Waals surface area contributed by atoms with E-state index in [9.17, 15) is 22.0 Å². The smallest absolute Gasteiger partial charge is 0.326 e. The zero-order chi connectivity index (χ0) is 14.9. The van der Waals surface area contributed by atoms with Crippen LogP contribution in [0, 0.1) is 11.6 Å². The lowest BCUT2D eigenvalue weighted by Crippen LogP contribution is -2.10. The van der Waals surface area contributed by atoms with Crippen LogP contribution in [0.4, 0.5) is 22.0 Å². The Bertz CT molecular complexity index is 621. The number of aromatic nitrogens is 1. The van der Waals surface area contributed by atoms with Gasteiger partial charge in [-0.2, -0.15) is 13.2 Å². The standard InChI is InChI=1S/C12H9F5N2S/c13-7-2-1-6(8(14)4-7)3-10-19-11(12(15,16)17)9(5-18)20-10/h1-2,4H,3,5,18H2. The number of hydrogen-bond donors (Lipinski definition) is 1. The quantitative estimate of drug-likeness (QED) is 0.882. The fraction of sp³-hybridized carbons (Fsp3) is 0.250. The summed E-state index contributed by atoms with van der Waals surface area (Å²) in [6.45, 7) is -0.293. The highest BCUT2D eigenvalue weighted by Crippen LogP contribution is 2.34. The van der Waals surface area contributed by atoms with Gasteiger partial charge in [0.15, 0.2) is 5.69 Å². The van der Waals surface area contributed by atoms with Gasteiger partial charge in [0.25, 0.3) is 0 Å². The van der Waals surface area contributed by atoms with Crippen molar-refractivity contribution in [1.29, 1.82) is 0 Å². The Hall–Kier alpha value is -1.54. The molecule has 1 aromatic heterocycles. The third-order valence-corrected chi connectivity index (χ3v) is 3.63. The Morgan fingerprint density at radius 1 is 1.20 bits per heavy atom. The van der Waals surface area contributed by atoms with Crippen LogP contribution in [-0.2, 0) is 19.1 Å². The summed E-state index contributed by atoms with van der Waals surface area (Å²) in [5.41, 5.74) is 4.29. The molecule has 1 heterocycles. The van der Waals surface area contributed by atoms with E-state index in [0.29, 0.717) is 6.07 Å². The first-order valence-electron chi connectivity index (χ1n) is 5.51. The predicted molar refractivity (Wildman–Crippen MR) is 64.2 cm³/mol. The van der Waals surface area contributed by atoms with Gasteiger partial charge in [0.05, 0.1) is 9.88 Å². The minimum absolute atomic E-state index is 0.0810. The van der Waals surface area contributed by atoms with Gasteiger partial charge in [-0.05, 0) is 11.6 Å². The van der Waals surface area contributed by atoms with E-state index in [4.69, 9.17) is 5.73 Å². The minimum atomic E-state index is -4.59. The Morgan fingerprint density at radius 2 is 1.90 bits per heavy atom. The number of halogens is 5. The maximum absolute atomic E-state index is 13.4. The highest BCUT2D eigenvalue weighted by molar-refractivity contribution is 7.11. The molecule has 0 aliphatic carbocycles. The maximum Gasteiger partial charge on any atom is 0.434 e. The van der Waals surface area contributed by atoms with Crippen LogP contribution in [0.25, 0.3) is 0 Å². The van der Waals surface area contributed by atoms with Gasteiger partial charge in [-0.3, -0.25) is 0 Å². The summed E-state index contributed by atoms with van der Waals surface area (Å²) in [4.78, 5) is 3.36. The number of rotatable bonds is 3. The van der Waals surface area contributed by atoms with Crippen LogP contribution in [0.5, 0.6) is 0 Å². The van der Waals surface area contributed by atoms with Gasteiger partial charge in [-0.25, -0.2) is 13.8 Å². The number of benzene rings is 1. The molecule has 2 N–H and O–H groups in total. The molecule has 0 aliphatic rings. The summed E-state index contributed by atoms with van der Waals surface area (Å²) in [5.74, 6) is -1.56. The van der Waals surface area contributed by atoms with Gasteiger partial charge in [0, 0.05) is 19.0 Å². The Morgan fingerprint density at radius 3 is 2.40 bits per heavy atom. The molecule has 0 amide bonds. The summed E-state index contributed by atoms with van der Waals surface area (Å²) < 4.78 is 64.3. The average molecular weight is 308 g/mol. The van der Waals surface area contributed by atoms with Crippen LogP contribution < -0.4 is 5.73 Å².